The summed E-state index contributed by atoms with van der Waals surface area (Å²) in [7, 11) is 1.76. The van der Waals surface area contributed by atoms with Crippen LogP contribution in [-0.4, -0.2) is 14.9 Å². The molecule has 0 aliphatic heterocycles. The Bertz CT molecular complexity index is 524. The summed E-state index contributed by atoms with van der Waals surface area (Å²) in [4.78, 5) is 0. The topological polar surface area (TPSA) is 38.1 Å². The second-order valence-corrected chi connectivity index (χ2v) is 4.10. The molecule has 0 saturated carbocycles. The molecule has 3 nitrogen and oxygen atoms in total. The molecule has 0 aliphatic rings. The number of rotatable bonds is 3. The van der Waals surface area contributed by atoms with Gasteiger partial charge in [-0.2, -0.15) is 5.10 Å². The van der Waals surface area contributed by atoms with Crippen LogP contribution >= 0.6 is 0 Å². The Balaban J connectivity index is 2.55. The molecule has 0 saturated heterocycles. The van der Waals surface area contributed by atoms with E-state index in [9.17, 15) is 9.50 Å². The van der Waals surface area contributed by atoms with Crippen LogP contribution in [0.4, 0.5) is 4.39 Å². The molecule has 1 aromatic heterocycles. The number of aliphatic hydroxyl groups is 1. The average Bonchev–Trinajstić information content (AvgIpc) is 2.76. The van der Waals surface area contributed by atoms with Crippen molar-refractivity contribution in [2.24, 2.45) is 7.05 Å². The fourth-order valence-electron chi connectivity index (χ4n) is 1.98. The number of halogens is 1. The molecule has 1 N–H and O–H groups in total. The van der Waals surface area contributed by atoms with Crippen molar-refractivity contribution in [2.45, 2.75) is 18.9 Å². The summed E-state index contributed by atoms with van der Waals surface area (Å²) in [5.41, 5.74) is -0.428. The zero-order valence-corrected chi connectivity index (χ0v) is 9.89. The van der Waals surface area contributed by atoms with Gasteiger partial charge in [-0.15, -0.1) is 0 Å². The maximum atomic E-state index is 13.8. The van der Waals surface area contributed by atoms with Crippen LogP contribution in [0.2, 0.25) is 0 Å². The van der Waals surface area contributed by atoms with Gasteiger partial charge in [0, 0.05) is 24.4 Å². The molecule has 0 fully saturated rings. The smallest absolute Gasteiger partial charge is 0.129 e. The van der Waals surface area contributed by atoms with Crippen molar-refractivity contribution in [2.75, 3.05) is 0 Å². The molecule has 2 aromatic rings. The van der Waals surface area contributed by atoms with E-state index in [2.05, 4.69) is 5.10 Å². The lowest BCUT2D eigenvalue weighted by atomic mass is 9.85. The van der Waals surface area contributed by atoms with Gasteiger partial charge in [0.1, 0.15) is 11.4 Å². The molecule has 1 heterocycles. The van der Waals surface area contributed by atoms with Crippen molar-refractivity contribution < 1.29 is 9.50 Å². The summed E-state index contributed by atoms with van der Waals surface area (Å²) in [5.74, 6) is -0.402. The third-order valence-electron chi connectivity index (χ3n) is 3.01. The summed E-state index contributed by atoms with van der Waals surface area (Å²) in [6.07, 6.45) is 3.66. The van der Waals surface area contributed by atoms with E-state index >= 15 is 0 Å². The Morgan fingerprint density at radius 3 is 2.65 bits per heavy atom. The second-order valence-electron chi connectivity index (χ2n) is 4.10. The van der Waals surface area contributed by atoms with Crippen molar-refractivity contribution in [1.29, 1.82) is 0 Å². The highest BCUT2D eigenvalue weighted by atomic mass is 19.1. The highest BCUT2D eigenvalue weighted by molar-refractivity contribution is 5.34. The molecule has 0 aliphatic carbocycles. The Kier molecular flexibility index (Phi) is 2.98. The number of aromatic nitrogens is 2. The van der Waals surface area contributed by atoms with Crippen LogP contribution in [0, 0.1) is 5.82 Å². The van der Waals surface area contributed by atoms with Gasteiger partial charge < -0.3 is 5.11 Å². The number of hydrogen-bond donors (Lipinski definition) is 1. The lowest BCUT2D eigenvalue weighted by molar-refractivity contribution is 0.0725. The van der Waals surface area contributed by atoms with E-state index in [0.29, 0.717) is 12.0 Å². The van der Waals surface area contributed by atoms with Crippen LogP contribution in [0.25, 0.3) is 0 Å². The first-order valence-electron chi connectivity index (χ1n) is 5.54. The maximum absolute atomic E-state index is 13.8. The van der Waals surface area contributed by atoms with Crippen molar-refractivity contribution in [3.63, 3.8) is 0 Å². The summed E-state index contributed by atoms with van der Waals surface area (Å²) in [5, 5.41) is 14.7. The SMILES string of the molecule is CCC(O)(c1cnn(C)c1)c1ccccc1F. The second kappa shape index (κ2) is 4.30. The minimum Gasteiger partial charge on any atom is -0.380 e. The zero-order chi connectivity index (χ0) is 12.5. The predicted octanol–water partition coefficient (Wildman–Crippen LogP) is 2.21. The molecule has 2 rings (SSSR count). The molecule has 0 amide bonds. The number of nitrogens with zero attached hydrogens (tertiary/aromatic N) is 2. The third kappa shape index (κ3) is 1.96. The molecule has 17 heavy (non-hydrogen) atoms. The van der Waals surface area contributed by atoms with E-state index < -0.39 is 11.4 Å². The Morgan fingerprint density at radius 1 is 1.41 bits per heavy atom. The normalized spacial score (nSPS) is 14.6. The molecular formula is C13H15FN2O. The van der Waals surface area contributed by atoms with Crippen molar-refractivity contribution in [1.82, 2.24) is 9.78 Å². The maximum Gasteiger partial charge on any atom is 0.129 e. The fraction of sp³-hybridized carbons (Fsp3) is 0.308. The van der Waals surface area contributed by atoms with Gasteiger partial charge in [-0.25, -0.2) is 4.39 Å². The largest absolute Gasteiger partial charge is 0.380 e. The molecule has 4 heteroatoms. The van der Waals surface area contributed by atoms with Crippen LogP contribution in [0.5, 0.6) is 0 Å². The summed E-state index contributed by atoms with van der Waals surface area (Å²) in [6.45, 7) is 1.82. The van der Waals surface area contributed by atoms with E-state index in [1.54, 1.807) is 42.3 Å². The fourth-order valence-corrected chi connectivity index (χ4v) is 1.98. The summed E-state index contributed by atoms with van der Waals surface area (Å²) >= 11 is 0. The number of benzene rings is 1. The molecule has 1 unspecified atom stereocenters. The molecule has 90 valence electrons. The predicted molar refractivity (Wildman–Crippen MR) is 62.9 cm³/mol. The zero-order valence-electron chi connectivity index (χ0n) is 9.89. The van der Waals surface area contributed by atoms with Crippen LogP contribution in [0.3, 0.4) is 0 Å². The molecule has 0 radical (unpaired) electrons. The van der Waals surface area contributed by atoms with Gasteiger partial charge in [-0.1, -0.05) is 25.1 Å². The van der Waals surface area contributed by atoms with Crippen LogP contribution < -0.4 is 0 Å². The first kappa shape index (κ1) is 11.8. The highest BCUT2D eigenvalue weighted by Gasteiger charge is 2.33. The quantitative estimate of drug-likeness (QED) is 0.884. The van der Waals surface area contributed by atoms with Crippen LogP contribution in [0.1, 0.15) is 24.5 Å². The van der Waals surface area contributed by atoms with Gasteiger partial charge in [0.2, 0.25) is 0 Å². The van der Waals surface area contributed by atoms with Gasteiger partial charge in [0.05, 0.1) is 6.20 Å². The van der Waals surface area contributed by atoms with Crippen molar-refractivity contribution in [3.8, 4) is 0 Å². The average molecular weight is 234 g/mol. The monoisotopic (exact) mass is 234 g/mol. The van der Waals surface area contributed by atoms with Gasteiger partial charge in [-0.3, -0.25) is 4.68 Å². The van der Waals surface area contributed by atoms with E-state index in [1.807, 2.05) is 6.92 Å². The number of hydrogen-bond acceptors (Lipinski definition) is 2. The van der Waals surface area contributed by atoms with Gasteiger partial charge in [-0.05, 0) is 12.5 Å². The summed E-state index contributed by atoms with van der Waals surface area (Å²) in [6, 6.07) is 6.28. The minimum atomic E-state index is -1.32. The van der Waals surface area contributed by atoms with Gasteiger partial charge in [0.25, 0.3) is 0 Å². The number of aryl methyl sites for hydroxylation is 1. The van der Waals surface area contributed by atoms with E-state index in [1.165, 1.54) is 6.07 Å². The molecule has 0 spiro atoms. The lowest BCUT2D eigenvalue weighted by Crippen LogP contribution is -2.27. The molecular weight excluding hydrogens is 219 g/mol. The van der Waals surface area contributed by atoms with Crippen molar-refractivity contribution >= 4 is 0 Å². The van der Waals surface area contributed by atoms with E-state index in [4.69, 9.17) is 0 Å². The first-order chi connectivity index (χ1) is 8.08. The molecule has 0 bridgehead atoms. The van der Waals surface area contributed by atoms with E-state index in [0.717, 1.165) is 0 Å². The van der Waals surface area contributed by atoms with E-state index in [-0.39, 0.29) is 5.56 Å². The standard InChI is InChI=1S/C13H15FN2O/c1-3-13(17,10-8-15-16(2)9-10)11-6-4-5-7-12(11)14/h4-9,17H,3H2,1-2H3. The van der Waals surface area contributed by atoms with Crippen molar-refractivity contribution in [3.05, 3.63) is 53.6 Å². The Hall–Kier alpha value is -1.68. The first-order valence-corrected chi connectivity index (χ1v) is 5.54. The minimum absolute atomic E-state index is 0.288. The summed E-state index contributed by atoms with van der Waals surface area (Å²) < 4.78 is 15.4. The molecule has 1 aromatic carbocycles. The molecule has 1 atom stereocenters. The van der Waals surface area contributed by atoms with Crippen LogP contribution in [0.15, 0.2) is 36.7 Å². The van der Waals surface area contributed by atoms with Gasteiger partial charge >= 0.3 is 0 Å². The third-order valence-corrected chi connectivity index (χ3v) is 3.01. The Morgan fingerprint density at radius 2 is 2.12 bits per heavy atom. The Labute approximate surface area is 99.5 Å². The highest BCUT2D eigenvalue weighted by Crippen LogP contribution is 2.33. The van der Waals surface area contributed by atoms with Gasteiger partial charge in [0.15, 0.2) is 0 Å². The lowest BCUT2D eigenvalue weighted by Gasteiger charge is -2.26. The van der Waals surface area contributed by atoms with Crippen LogP contribution in [-0.2, 0) is 12.6 Å².